The first-order valence-corrected chi connectivity index (χ1v) is 11.8. The van der Waals surface area contributed by atoms with Crippen LogP contribution in [0.3, 0.4) is 0 Å². The highest BCUT2D eigenvalue weighted by Gasteiger charge is 2.35. The molecule has 1 fully saturated rings. The van der Waals surface area contributed by atoms with Crippen molar-refractivity contribution >= 4 is 74.8 Å². The Balaban J connectivity index is 1.86. The lowest BCUT2D eigenvalue weighted by Gasteiger charge is -2.14. The fourth-order valence-electron chi connectivity index (χ4n) is 2.83. The highest BCUT2D eigenvalue weighted by atomic mass is 127. The molecule has 1 heterocycles. The minimum atomic E-state index is -0.349. The van der Waals surface area contributed by atoms with Crippen molar-refractivity contribution in [2.45, 2.75) is 20.4 Å². The molecule has 0 bridgehead atoms. The van der Waals surface area contributed by atoms with Crippen LogP contribution in [0.15, 0.2) is 35.2 Å². The molecule has 1 aliphatic rings. The topological polar surface area (TPSA) is 55.8 Å². The Hall–Kier alpha value is -1.42. The van der Waals surface area contributed by atoms with E-state index in [0.717, 1.165) is 26.5 Å². The van der Waals surface area contributed by atoms with Crippen LogP contribution in [0.5, 0.6) is 11.5 Å². The number of hydrogen-bond acceptors (Lipinski definition) is 5. The van der Waals surface area contributed by atoms with Gasteiger partial charge in [-0.1, -0.05) is 29.3 Å². The van der Waals surface area contributed by atoms with Crippen LogP contribution in [-0.4, -0.2) is 29.3 Å². The molecule has 0 saturated carbocycles. The lowest BCUT2D eigenvalue weighted by Crippen LogP contribution is -2.27. The molecule has 5 nitrogen and oxygen atoms in total. The maximum atomic E-state index is 12.8. The molecular weight excluding hydrogens is 560 g/mol. The number of amides is 2. The van der Waals surface area contributed by atoms with E-state index in [4.69, 9.17) is 32.7 Å². The normalized spacial score (nSPS) is 15.2. The third-order valence-corrected chi connectivity index (χ3v) is 6.56. The summed E-state index contributed by atoms with van der Waals surface area (Å²) in [5, 5.41) is 0.469. The predicted octanol–water partition coefficient (Wildman–Crippen LogP) is 6.63. The van der Waals surface area contributed by atoms with Crippen LogP contribution in [0.2, 0.25) is 10.0 Å². The Morgan fingerprint density at radius 1 is 1.07 bits per heavy atom. The van der Waals surface area contributed by atoms with Gasteiger partial charge in [0, 0.05) is 0 Å². The summed E-state index contributed by atoms with van der Waals surface area (Å²) < 4.78 is 12.2. The minimum Gasteiger partial charge on any atom is -0.490 e. The molecule has 9 heteroatoms. The van der Waals surface area contributed by atoms with E-state index in [1.165, 1.54) is 4.90 Å². The summed E-state index contributed by atoms with van der Waals surface area (Å²) in [6.07, 6.45) is 1.69. The van der Waals surface area contributed by atoms with Crippen molar-refractivity contribution in [1.29, 1.82) is 0 Å². The standard InChI is InChI=1S/C21H18Cl2INO4S/c1-3-28-17-9-13(8-16(24)19(17)29-4-2)10-18-20(26)25(21(27)30-18)11-12-5-6-14(22)15(23)7-12/h5-10H,3-4,11H2,1-2H3/b18-10-. The quantitative estimate of drug-likeness (QED) is 0.273. The van der Waals surface area contributed by atoms with Gasteiger partial charge in [-0.15, -0.1) is 0 Å². The van der Waals surface area contributed by atoms with E-state index in [1.54, 1.807) is 24.3 Å². The zero-order chi connectivity index (χ0) is 21.8. The van der Waals surface area contributed by atoms with Crippen LogP contribution >= 0.6 is 57.6 Å². The monoisotopic (exact) mass is 577 g/mol. The van der Waals surface area contributed by atoms with Crippen LogP contribution in [0.1, 0.15) is 25.0 Å². The van der Waals surface area contributed by atoms with Crippen molar-refractivity contribution in [2.75, 3.05) is 13.2 Å². The van der Waals surface area contributed by atoms with Gasteiger partial charge in [-0.3, -0.25) is 14.5 Å². The van der Waals surface area contributed by atoms with E-state index < -0.39 is 0 Å². The summed E-state index contributed by atoms with van der Waals surface area (Å²) in [5.41, 5.74) is 1.48. The fraction of sp³-hybridized carbons (Fsp3) is 0.238. The Kier molecular flexibility index (Phi) is 7.95. The van der Waals surface area contributed by atoms with Crippen molar-refractivity contribution in [3.63, 3.8) is 0 Å². The molecular formula is C21H18Cl2INO4S. The second kappa shape index (κ2) is 10.3. The molecule has 0 aromatic heterocycles. The molecule has 158 valence electrons. The highest BCUT2D eigenvalue weighted by molar-refractivity contribution is 14.1. The molecule has 0 unspecified atom stereocenters. The lowest BCUT2D eigenvalue weighted by atomic mass is 10.1. The van der Waals surface area contributed by atoms with Gasteiger partial charge < -0.3 is 9.47 Å². The van der Waals surface area contributed by atoms with E-state index in [9.17, 15) is 9.59 Å². The number of hydrogen-bond donors (Lipinski definition) is 0. The van der Waals surface area contributed by atoms with Gasteiger partial charge in [-0.2, -0.15) is 0 Å². The zero-order valence-corrected chi connectivity index (χ0v) is 20.7. The third kappa shape index (κ3) is 5.25. The molecule has 0 N–H and O–H groups in total. The summed E-state index contributed by atoms with van der Waals surface area (Å²) in [5.74, 6) is 0.926. The number of carbonyl (C=O) groups is 2. The molecule has 30 heavy (non-hydrogen) atoms. The molecule has 1 saturated heterocycles. The molecule has 2 aromatic carbocycles. The summed E-state index contributed by atoms with van der Waals surface area (Å²) in [6.45, 7) is 4.93. The molecule has 0 radical (unpaired) electrons. The van der Waals surface area contributed by atoms with Crippen molar-refractivity contribution in [3.05, 3.63) is 60.0 Å². The molecule has 3 rings (SSSR count). The van der Waals surface area contributed by atoms with E-state index in [-0.39, 0.29) is 17.7 Å². The van der Waals surface area contributed by atoms with Gasteiger partial charge in [-0.05, 0) is 89.7 Å². The molecule has 2 amide bonds. The summed E-state index contributed by atoms with van der Waals surface area (Å²) in [6, 6.07) is 8.74. The predicted molar refractivity (Wildman–Crippen MR) is 129 cm³/mol. The molecule has 0 aliphatic carbocycles. The first kappa shape index (κ1) is 23.2. The number of nitrogens with zero attached hydrogens (tertiary/aromatic N) is 1. The van der Waals surface area contributed by atoms with Gasteiger partial charge in [0.25, 0.3) is 11.1 Å². The van der Waals surface area contributed by atoms with Crippen LogP contribution in [-0.2, 0) is 11.3 Å². The van der Waals surface area contributed by atoms with Crippen LogP contribution < -0.4 is 9.47 Å². The Morgan fingerprint density at radius 3 is 2.47 bits per heavy atom. The number of rotatable bonds is 7. The molecule has 0 atom stereocenters. The van der Waals surface area contributed by atoms with Gasteiger partial charge in [0.15, 0.2) is 11.5 Å². The Bertz CT molecular complexity index is 1030. The smallest absolute Gasteiger partial charge is 0.293 e. The maximum absolute atomic E-state index is 12.8. The second-order valence-corrected chi connectivity index (χ2v) is 9.18. The lowest BCUT2D eigenvalue weighted by molar-refractivity contribution is -0.123. The molecule has 2 aromatic rings. The fourth-order valence-corrected chi connectivity index (χ4v) is 4.77. The number of carbonyl (C=O) groups excluding carboxylic acids is 2. The van der Waals surface area contributed by atoms with Crippen molar-refractivity contribution < 1.29 is 19.1 Å². The Labute approximate surface area is 202 Å². The average Bonchev–Trinajstić information content (AvgIpc) is 2.95. The van der Waals surface area contributed by atoms with Gasteiger partial charge in [0.2, 0.25) is 0 Å². The average molecular weight is 578 g/mol. The Morgan fingerprint density at radius 2 is 1.80 bits per heavy atom. The molecule has 0 spiro atoms. The minimum absolute atomic E-state index is 0.129. The van der Waals surface area contributed by atoms with E-state index in [0.29, 0.717) is 39.7 Å². The van der Waals surface area contributed by atoms with E-state index in [1.807, 2.05) is 26.0 Å². The maximum Gasteiger partial charge on any atom is 0.293 e. The largest absolute Gasteiger partial charge is 0.490 e. The number of benzene rings is 2. The number of halogens is 3. The molecule has 1 aliphatic heterocycles. The second-order valence-electron chi connectivity index (χ2n) is 6.21. The van der Waals surface area contributed by atoms with Crippen LogP contribution in [0.4, 0.5) is 4.79 Å². The highest BCUT2D eigenvalue weighted by Crippen LogP contribution is 2.38. The van der Waals surface area contributed by atoms with Crippen LogP contribution in [0, 0.1) is 3.57 Å². The van der Waals surface area contributed by atoms with Crippen molar-refractivity contribution in [1.82, 2.24) is 4.90 Å². The first-order chi connectivity index (χ1) is 14.3. The summed E-state index contributed by atoms with van der Waals surface area (Å²) >= 11 is 15.0. The number of ether oxygens (including phenoxy) is 2. The first-order valence-electron chi connectivity index (χ1n) is 9.12. The van der Waals surface area contributed by atoms with Gasteiger partial charge in [-0.25, -0.2) is 0 Å². The SMILES string of the molecule is CCOc1cc(/C=C2\SC(=O)N(Cc3ccc(Cl)c(Cl)c3)C2=O)cc(I)c1OCC. The number of imide groups is 1. The zero-order valence-electron chi connectivity index (χ0n) is 16.2. The van der Waals surface area contributed by atoms with Gasteiger partial charge >= 0.3 is 0 Å². The van der Waals surface area contributed by atoms with Gasteiger partial charge in [0.1, 0.15) is 0 Å². The van der Waals surface area contributed by atoms with E-state index in [2.05, 4.69) is 22.6 Å². The number of thioether (sulfide) groups is 1. The van der Waals surface area contributed by atoms with Crippen LogP contribution in [0.25, 0.3) is 6.08 Å². The van der Waals surface area contributed by atoms with Crippen molar-refractivity contribution in [2.24, 2.45) is 0 Å². The summed E-state index contributed by atoms with van der Waals surface area (Å²) in [7, 11) is 0. The summed E-state index contributed by atoms with van der Waals surface area (Å²) in [4.78, 5) is 26.8. The van der Waals surface area contributed by atoms with E-state index >= 15 is 0 Å². The van der Waals surface area contributed by atoms with Gasteiger partial charge in [0.05, 0.1) is 38.3 Å². The van der Waals surface area contributed by atoms with Crippen molar-refractivity contribution in [3.8, 4) is 11.5 Å². The third-order valence-electron chi connectivity index (χ3n) is 4.12.